The number of aryl methyl sites for hydroxylation is 2. The second kappa shape index (κ2) is 8.71. The minimum absolute atomic E-state index is 0.314. The quantitative estimate of drug-likeness (QED) is 0.394. The molecular weight excluding hydrogens is 459 g/mol. The summed E-state index contributed by atoms with van der Waals surface area (Å²) in [5, 5.41) is 16.3. The Balaban J connectivity index is 1.38. The van der Waals surface area contributed by atoms with Crippen LogP contribution < -0.4 is 5.32 Å². The molecular formula is C23H20ClFN8O. The van der Waals surface area contributed by atoms with Gasteiger partial charge in [-0.05, 0) is 37.6 Å². The number of amides is 1. The van der Waals surface area contributed by atoms with E-state index in [0.717, 1.165) is 23.5 Å². The molecule has 1 amide bonds. The standard InChI is InChI=1S/C23H20ClFN8O/c1-3-31-13-19(14(2)30-31)21-6-7-26-22-18(10-28-33(21)22)23(34)29-17-9-27-32(12-17)11-15-4-5-16(25)8-20(15)24/h4-10,12-13H,3,11H2,1-2H3,(H,29,34). The molecule has 0 unspecified atom stereocenters. The monoisotopic (exact) mass is 478 g/mol. The molecule has 9 nitrogen and oxygen atoms in total. The summed E-state index contributed by atoms with van der Waals surface area (Å²) in [6.07, 6.45) is 8.29. The number of hydrogen-bond acceptors (Lipinski definition) is 5. The lowest BCUT2D eigenvalue weighted by Crippen LogP contribution is -2.11. The van der Waals surface area contributed by atoms with Crippen molar-refractivity contribution in [1.82, 2.24) is 34.2 Å². The van der Waals surface area contributed by atoms with Crippen LogP contribution in [0.5, 0.6) is 0 Å². The highest BCUT2D eigenvalue weighted by Crippen LogP contribution is 2.24. The molecule has 1 N–H and O–H groups in total. The van der Waals surface area contributed by atoms with Gasteiger partial charge in [0, 0.05) is 35.7 Å². The zero-order valence-corrected chi connectivity index (χ0v) is 19.2. The SMILES string of the molecule is CCn1cc(-c2ccnc3c(C(=O)Nc4cnn(Cc5ccc(F)cc5Cl)c4)cnn23)c(C)n1. The highest BCUT2D eigenvalue weighted by molar-refractivity contribution is 6.31. The Morgan fingerprint density at radius 1 is 1.15 bits per heavy atom. The van der Waals surface area contributed by atoms with E-state index in [1.54, 1.807) is 27.7 Å². The van der Waals surface area contributed by atoms with Gasteiger partial charge in [0.15, 0.2) is 5.65 Å². The van der Waals surface area contributed by atoms with Gasteiger partial charge in [0.05, 0.1) is 36.0 Å². The lowest BCUT2D eigenvalue weighted by molar-refractivity contribution is 0.102. The number of carbonyl (C=O) groups excluding carboxylic acids is 1. The molecule has 0 spiro atoms. The van der Waals surface area contributed by atoms with E-state index in [9.17, 15) is 9.18 Å². The molecule has 11 heteroatoms. The number of nitrogens with zero attached hydrogens (tertiary/aromatic N) is 7. The van der Waals surface area contributed by atoms with Gasteiger partial charge >= 0.3 is 0 Å². The van der Waals surface area contributed by atoms with Crippen molar-refractivity contribution in [2.45, 2.75) is 26.9 Å². The molecule has 5 aromatic rings. The van der Waals surface area contributed by atoms with E-state index in [4.69, 9.17) is 11.6 Å². The molecule has 0 aliphatic rings. The molecule has 0 atom stereocenters. The van der Waals surface area contributed by atoms with Gasteiger partial charge < -0.3 is 5.32 Å². The number of aromatic nitrogens is 7. The fourth-order valence-electron chi connectivity index (χ4n) is 3.72. The smallest absolute Gasteiger partial charge is 0.261 e. The van der Waals surface area contributed by atoms with E-state index >= 15 is 0 Å². The molecule has 0 aliphatic heterocycles. The number of anilines is 1. The van der Waals surface area contributed by atoms with E-state index in [-0.39, 0.29) is 5.91 Å². The first-order valence-electron chi connectivity index (χ1n) is 10.6. The first-order valence-corrected chi connectivity index (χ1v) is 11.0. The van der Waals surface area contributed by atoms with Gasteiger partial charge in [0.1, 0.15) is 11.4 Å². The molecule has 0 saturated carbocycles. The topological polar surface area (TPSA) is 94.9 Å². The van der Waals surface area contributed by atoms with Crippen molar-refractivity contribution in [2.75, 3.05) is 5.32 Å². The largest absolute Gasteiger partial charge is 0.319 e. The van der Waals surface area contributed by atoms with Crippen molar-refractivity contribution < 1.29 is 9.18 Å². The second-order valence-corrected chi connectivity index (χ2v) is 8.13. The molecule has 5 rings (SSSR count). The molecule has 0 saturated heterocycles. The highest BCUT2D eigenvalue weighted by atomic mass is 35.5. The Hall–Kier alpha value is -4.05. The van der Waals surface area contributed by atoms with Crippen LogP contribution >= 0.6 is 11.6 Å². The highest BCUT2D eigenvalue weighted by Gasteiger charge is 2.19. The van der Waals surface area contributed by atoms with Gasteiger partial charge in [0.2, 0.25) is 0 Å². The predicted molar refractivity (Wildman–Crippen MR) is 125 cm³/mol. The number of halogens is 2. The zero-order chi connectivity index (χ0) is 23.8. The molecule has 0 fully saturated rings. The van der Waals surface area contributed by atoms with E-state index in [0.29, 0.717) is 34.0 Å². The maximum atomic E-state index is 13.3. The molecule has 1 aromatic carbocycles. The third-order valence-corrected chi connectivity index (χ3v) is 5.78. The van der Waals surface area contributed by atoms with Crippen molar-refractivity contribution >= 4 is 28.8 Å². The first-order chi connectivity index (χ1) is 16.4. The van der Waals surface area contributed by atoms with E-state index in [2.05, 4.69) is 25.6 Å². The van der Waals surface area contributed by atoms with E-state index < -0.39 is 5.82 Å². The van der Waals surface area contributed by atoms with Crippen molar-refractivity contribution in [3.8, 4) is 11.3 Å². The van der Waals surface area contributed by atoms with Crippen LogP contribution in [0.25, 0.3) is 16.9 Å². The minimum atomic E-state index is -0.401. The Morgan fingerprint density at radius 2 is 2.00 bits per heavy atom. The zero-order valence-electron chi connectivity index (χ0n) is 18.4. The molecule has 4 aromatic heterocycles. The predicted octanol–water partition coefficient (Wildman–Crippen LogP) is 4.21. The van der Waals surface area contributed by atoms with Gasteiger partial charge in [-0.2, -0.15) is 15.3 Å². The second-order valence-electron chi connectivity index (χ2n) is 7.72. The van der Waals surface area contributed by atoms with Crippen molar-refractivity contribution in [3.05, 3.63) is 82.9 Å². The van der Waals surface area contributed by atoms with E-state index in [1.165, 1.54) is 24.5 Å². The van der Waals surface area contributed by atoms with Crippen LogP contribution in [-0.4, -0.2) is 40.1 Å². The fourth-order valence-corrected chi connectivity index (χ4v) is 3.95. The summed E-state index contributed by atoms with van der Waals surface area (Å²) in [5.74, 6) is -0.762. The Labute approximate surface area is 198 Å². The number of benzene rings is 1. The molecule has 0 radical (unpaired) electrons. The van der Waals surface area contributed by atoms with Crippen LogP contribution in [0.1, 0.15) is 28.5 Å². The van der Waals surface area contributed by atoms with Crippen LogP contribution in [0.3, 0.4) is 0 Å². The Bertz CT molecular complexity index is 1520. The summed E-state index contributed by atoms with van der Waals surface area (Å²) in [5.41, 5.74) is 4.56. The summed E-state index contributed by atoms with van der Waals surface area (Å²) in [4.78, 5) is 17.4. The van der Waals surface area contributed by atoms with Crippen molar-refractivity contribution in [1.29, 1.82) is 0 Å². The van der Waals surface area contributed by atoms with Crippen LogP contribution in [0.15, 0.2) is 55.2 Å². The summed E-state index contributed by atoms with van der Waals surface area (Å²) >= 11 is 6.10. The van der Waals surface area contributed by atoms with Gasteiger partial charge in [0.25, 0.3) is 5.91 Å². The Kier molecular flexibility index (Phi) is 5.58. The first kappa shape index (κ1) is 21.8. The third-order valence-electron chi connectivity index (χ3n) is 5.43. The van der Waals surface area contributed by atoms with Crippen molar-refractivity contribution in [3.63, 3.8) is 0 Å². The average molecular weight is 479 g/mol. The van der Waals surface area contributed by atoms with Crippen LogP contribution in [0, 0.1) is 12.7 Å². The molecule has 4 heterocycles. The van der Waals surface area contributed by atoms with Crippen LogP contribution in [0.4, 0.5) is 10.1 Å². The number of rotatable bonds is 6. The van der Waals surface area contributed by atoms with Gasteiger partial charge in [-0.1, -0.05) is 17.7 Å². The fraction of sp³-hybridized carbons (Fsp3) is 0.174. The van der Waals surface area contributed by atoms with Crippen molar-refractivity contribution in [2.24, 2.45) is 0 Å². The summed E-state index contributed by atoms with van der Waals surface area (Å²) in [6.45, 7) is 5.04. The normalized spacial score (nSPS) is 11.3. The lowest BCUT2D eigenvalue weighted by Gasteiger charge is -2.05. The minimum Gasteiger partial charge on any atom is -0.319 e. The number of fused-ring (bicyclic) bond motifs is 1. The number of carbonyl (C=O) groups is 1. The Morgan fingerprint density at radius 3 is 2.76 bits per heavy atom. The van der Waals surface area contributed by atoms with Gasteiger partial charge in [-0.15, -0.1) is 0 Å². The summed E-state index contributed by atoms with van der Waals surface area (Å²) in [7, 11) is 0. The van der Waals surface area contributed by atoms with Gasteiger partial charge in [-0.3, -0.25) is 14.2 Å². The van der Waals surface area contributed by atoms with E-state index in [1.807, 2.05) is 30.8 Å². The number of hydrogen-bond donors (Lipinski definition) is 1. The van der Waals surface area contributed by atoms with Crippen LogP contribution in [-0.2, 0) is 13.1 Å². The van der Waals surface area contributed by atoms with Gasteiger partial charge in [-0.25, -0.2) is 13.9 Å². The molecule has 34 heavy (non-hydrogen) atoms. The molecule has 172 valence electrons. The third kappa shape index (κ3) is 4.03. The molecule has 0 aliphatic carbocycles. The summed E-state index contributed by atoms with van der Waals surface area (Å²) < 4.78 is 18.4. The average Bonchev–Trinajstić information content (AvgIpc) is 3.53. The number of nitrogens with one attached hydrogen (secondary N) is 1. The molecule has 0 bridgehead atoms. The maximum absolute atomic E-state index is 13.3. The maximum Gasteiger partial charge on any atom is 0.261 e. The summed E-state index contributed by atoms with van der Waals surface area (Å²) in [6, 6.07) is 6.04. The lowest BCUT2D eigenvalue weighted by atomic mass is 10.2. The van der Waals surface area contributed by atoms with Crippen LogP contribution in [0.2, 0.25) is 5.02 Å².